The smallest absolute Gasteiger partial charge is 0.368 e. The number of nitrogens with zero attached hydrogens (tertiary/aromatic N) is 5. The average molecular weight is 471 g/mol. The summed E-state index contributed by atoms with van der Waals surface area (Å²) in [6.45, 7) is 2.10. The van der Waals surface area contributed by atoms with Gasteiger partial charge in [0.2, 0.25) is 5.91 Å². The molecule has 7 nitrogen and oxygen atoms in total. The second kappa shape index (κ2) is 10.1. The van der Waals surface area contributed by atoms with E-state index in [0.29, 0.717) is 50.5 Å². The zero-order valence-electron chi connectivity index (χ0n) is 18.4. The summed E-state index contributed by atoms with van der Waals surface area (Å²) in [5, 5.41) is 4.37. The number of hydrogen-bond donors (Lipinski definition) is 0. The van der Waals surface area contributed by atoms with E-state index in [4.69, 9.17) is 0 Å². The molecule has 3 heterocycles. The van der Waals surface area contributed by atoms with E-state index in [1.807, 2.05) is 11.0 Å². The third-order valence-electron chi connectivity index (χ3n) is 5.76. The lowest BCUT2D eigenvalue weighted by atomic mass is 10.1. The molecule has 1 fully saturated rings. The Hall–Kier alpha value is -3.69. The predicted molar refractivity (Wildman–Crippen MR) is 121 cm³/mol. The van der Waals surface area contributed by atoms with E-state index in [1.54, 1.807) is 35.5 Å². The maximum atomic E-state index is 13.0. The number of aromatic nitrogens is 3. The summed E-state index contributed by atoms with van der Waals surface area (Å²) in [6.07, 6.45) is -0.350. The summed E-state index contributed by atoms with van der Waals surface area (Å²) >= 11 is 0. The van der Waals surface area contributed by atoms with Crippen LogP contribution in [0.3, 0.4) is 0 Å². The Morgan fingerprint density at radius 1 is 1.00 bits per heavy atom. The molecule has 0 spiro atoms. The fraction of sp³-hybridized carbons (Fsp3) is 0.333. The number of anilines is 1. The SMILES string of the molecule is O=C(CCCn1nc(-c2cccnc2)ccc1=O)N1CCN(c2cccc(C(F)(F)F)c2)CC1. The monoisotopic (exact) mass is 471 g/mol. The first kappa shape index (κ1) is 23.5. The number of carbonyl (C=O) groups is 1. The second-order valence-electron chi connectivity index (χ2n) is 8.04. The van der Waals surface area contributed by atoms with E-state index < -0.39 is 11.7 Å². The number of pyridine rings is 1. The summed E-state index contributed by atoms with van der Waals surface area (Å²) in [4.78, 5) is 32.4. The number of halogens is 3. The maximum Gasteiger partial charge on any atom is 0.416 e. The molecule has 1 aliphatic rings. The molecule has 1 amide bonds. The Morgan fingerprint density at radius 2 is 1.79 bits per heavy atom. The van der Waals surface area contributed by atoms with Crippen molar-refractivity contribution in [3.63, 3.8) is 0 Å². The highest BCUT2D eigenvalue weighted by Gasteiger charge is 2.31. The molecule has 34 heavy (non-hydrogen) atoms. The number of benzene rings is 1. The van der Waals surface area contributed by atoms with Crippen LogP contribution in [0.25, 0.3) is 11.3 Å². The Bertz CT molecular complexity index is 1190. The van der Waals surface area contributed by atoms with Crippen LogP contribution in [-0.4, -0.2) is 51.8 Å². The van der Waals surface area contributed by atoms with Gasteiger partial charge in [0.1, 0.15) is 0 Å². The van der Waals surface area contributed by atoms with Gasteiger partial charge in [-0.2, -0.15) is 18.3 Å². The third kappa shape index (κ3) is 5.62. The van der Waals surface area contributed by atoms with Gasteiger partial charge in [-0.1, -0.05) is 6.07 Å². The van der Waals surface area contributed by atoms with Crippen LogP contribution in [-0.2, 0) is 17.5 Å². The molecule has 0 N–H and O–H groups in total. The lowest BCUT2D eigenvalue weighted by Crippen LogP contribution is -2.48. The molecule has 0 unspecified atom stereocenters. The number of hydrogen-bond acceptors (Lipinski definition) is 5. The molecule has 0 saturated carbocycles. The summed E-state index contributed by atoms with van der Waals surface area (Å²) in [5.74, 6) is -0.0415. The Morgan fingerprint density at radius 3 is 2.50 bits per heavy atom. The molecule has 0 radical (unpaired) electrons. The van der Waals surface area contributed by atoms with Crippen LogP contribution in [0, 0.1) is 0 Å². The van der Waals surface area contributed by atoms with E-state index in [9.17, 15) is 22.8 Å². The van der Waals surface area contributed by atoms with Gasteiger partial charge in [-0.15, -0.1) is 0 Å². The molecule has 2 aromatic heterocycles. The van der Waals surface area contributed by atoms with Gasteiger partial charge >= 0.3 is 6.18 Å². The standard InChI is InChI=1S/C24H24F3N5O2/c25-24(26,27)19-5-1-6-20(16-19)30-12-14-31(15-13-30)22(33)7-3-11-32-23(34)9-8-21(29-32)18-4-2-10-28-17-18/h1-2,4-6,8-10,16-17H,3,7,11-15H2. The van der Waals surface area contributed by atoms with Crippen molar-refractivity contribution in [3.8, 4) is 11.3 Å². The van der Waals surface area contributed by atoms with Crippen LogP contribution in [0.4, 0.5) is 18.9 Å². The number of piperazine rings is 1. The van der Waals surface area contributed by atoms with Crippen molar-refractivity contribution >= 4 is 11.6 Å². The second-order valence-corrected chi connectivity index (χ2v) is 8.04. The van der Waals surface area contributed by atoms with Crippen molar-refractivity contribution in [3.05, 3.63) is 76.8 Å². The van der Waals surface area contributed by atoms with Gasteiger partial charge in [0.05, 0.1) is 11.3 Å². The van der Waals surface area contributed by atoms with Crippen molar-refractivity contribution in [1.82, 2.24) is 19.7 Å². The third-order valence-corrected chi connectivity index (χ3v) is 5.76. The maximum absolute atomic E-state index is 13.0. The minimum absolute atomic E-state index is 0.0415. The van der Waals surface area contributed by atoms with Crippen molar-refractivity contribution < 1.29 is 18.0 Å². The van der Waals surface area contributed by atoms with Crippen LogP contribution in [0.2, 0.25) is 0 Å². The van der Waals surface area contributed by atoms with Crippen LogP contribution in [0.1, 0.15) is 18.4 Å². The van der Waals surface area contributed by atoms with E-state index in [-0.39, 0.29) is 17.9 Å². The average Bonchev–Trinajstić information content (AvgIpc) is 2.85. The van der Waals surface area contributed by atoms with Crippen molar-refractivity contribution in [2.45, 2.75) is 25.6 Å². The Balaban J connectivity index is 1.29. The van der Waals surface area contributed by atoms with E-state index in [2.05, 4.69) is 10.1 Å². The molecule has 0 aliphatic carbocycles. The minimum atomic E-state index is -4.39. The fourth-order valence-corrected chi connectivity index (χ4v) is 3.91. The van der Waals surface area contributed by atoms with Gasteiger partial charge in [-0.25, -0.2) is 4.68 Å². The molecule has 178 valence electrons. The fourth-order valence-electron chi connectivity index (χ4n) is 3.91. The van der Waals surface area contributed by atoms with Crippen LogP contribution < -0.4 is 10.5 Å². The predicted octanol–water partition coefficient (Wildman–Crippen LogP) is 3.45. The lowest BCUT2D eigenvalue weighted by molar-refractivity contribution is -0.137. The number of aryl methyl sites for hydroxylation is 1. The largest absolute Gasteiger partial charge is 0.416 e. The highest BCUT2D eigenvalue weighted by molar-refractivity contribution is 5.76. The highest BCUT2D eigenvalue weighted by Crippen LogP contribution is 2.31. The molecule has 1 aliphatic heterocycles. The van der Waals surface area contributed by atoms with Gasteiger partial charge in [0, 0.05) is 68.9 Å². The number of amides is 1. The zero-order chi connectivity index (χ0) is 24.1. The molecule has 10 heteroatoms. The zero-order valence-corrected chi connectivity index (χ0v) is 18.4. The first-order valence-electron chi connectivity index (χ1n) is 11.0. The summed E-state index contributed by atoms with van der Waals surface area (Å²) in [7, 11) is 0. The van der Waals surface area contributed by atoms with Gasteiger partial charge < -0.3 is 9.80 Å². The van der Waals surface area contributed by atoms with E-state index in [0.717, 1.165) is 17.7 Å². The number of rotatable bonds is 6. The molecular formula is C24H24F3N5O2. The lowest BCUT2D eigenvalue weighted by Gasteiger charge is -2.36. The first-order valence-corrected chi connectivity index (χ1v) is 11.0. The van der Waals surface area contributed by atoms with E-state index >= 15 is 0 Å². The highest BCUT2D eigenvalue weighted by atomic mass is 19.4. The molecule has 4 rings (SSSR count). The van der Waals surface area contributed by atoms with Crippen molar-refractivity contribution in [2.75, 3.05) is 31.1 Å². The topological polar surface area (TPSA) is 71.3 Å². The molecule has 1 saturated heterocycles. The molecule has 1 aromatic carbocycles. The normalized spacial score (nSPS) is 14.3. The number of alkyl halides is 3. The Kier molecular flexibility index (Phi) is 6.95. The van der Waals surface area contributed by atoms with Crippen LogP contribution >= 0.6 is 0 Å². The summed E-state index contributed by atoms with van der Waals surface area (Å²) < 4.78 is 40.3. The van der Waals surface area contributed by atoms with E-state index in [1.165, 1.54) is 16.8 Å². The van der Waals surface area contributed by atoms with Crippen LogP contribution in [0.15, 0.2) is 65.7 Å². The molecule has 0 atom stereocenters. The van der Waals surface area contributed by atoms with Gasteiger partial charge in [-0.3, -0.25) is 14.6 Å². The summed E-state index contributed by atoms with van der Waals surface area (Å²) in [6, 6.07) is 12.0. The van der Waals surface area contributed by atoms with Gasteiger partial charge in [0.15, 0.2) is 0 Å². The van der Waals surface area contributed by atoms with Crippen molar-refractivity contribution in [1.29, 1.82) is 0 Å². The molecular weight excluding hydrogens is 447 g/mol. The Labute approximate surface area is 194 Å². The first-order chi connectivity index (χ1) is 16.3. The molecule has 0 bridgehead atoms. The molecule has 3 aromatic rings. The van der Waals surface area contributed by atoms with Gasteiger partial charge in [-0.05, 0) is 42.8 Å². The quantitative estimate of drug-likeness (QED) is 0.551. The van der Waals surface area contributed by atoms with Gasteiger partial charge in [0.25, 0.3) is 5.56 Å². The number of carbonyl (C=O) groups excluding carboxylic acids is 1. The minimum Gasteiger partial charge on any atom is -0.368 e. The van der Waals surface area contributed by atoms with Crippen molar-refractivity contribution in [2.24, 2.45) is 0 Å². The van der Waals surface area contributed by atoms with Crippen LogP contribution in [0.5, 0.6) is 0 Å². The summed E-state index contributed by atoms with van der Waals surface area (Å²) in [5.41, 5.74) is 1.01.